The summed E-state index contributed by atoms with van der Waals surface area (Å²) >= 11 is 0. The number of rotatable bonds is 6. The van der Waals surface area contributed by atoms with Gasteiger partial charge in [-0.05, 0) is 25.1 Å². The minimum absolute atomic E-state index is 0.198. The van der Waals surface area contributed by atoms with Gasteiger partial charge in [-0.1, -0.05) is 6.07 Å². The van der Waals surface area contributed by atoms with E-state index in [-0.39, 0.29) is 5.82 Å². The lowest BCUT2D eigenvalue weighted by atomic mass is 10.1. The quantitative estimate of drug-likeness (QED) is 0.431. The number of aliphatic hydroxyl groups excluding tert-OH is 2. The molecule has 11 heteroatoms. The fourth-order valence-corrected chi connectivity index (χ4v) is 3.48. The second-order valence-corrected chi connectivity index (χ2v) is 6.78. The molecule has 1 saturated heterocycles. The van der Waals surface area contributed by atoms with Gasteiger partial charge in [0.15, 0.2) is 17.7 Å². The van der Waals surface area contributed by atoms with Crippen molar-refractivity contribution >= 4 is 22.9 Å². The highest BCUT2D eigenvalue weighted by molar-refractivity contribution is 5.94. The van der Waals surface area contributed by atoms with Crippen LogP contribution in [0.3, 0.4) is 0 Å². The minimum atomic E-state index is -1.16. The first-order chi connectivity index (χ1) is 14.5. The highest BCUT2D eigenvalue weighted by Gasteiger charge is 2.46. The van der Waals surface area contributed by atoms with Crippen LogP contribution >= 0.6 is 0 Å². The van der Waals surface area contributed by atoms with Crippen molar-refractivity contribution in [2.75, 3.05) is 18.9 Å². The second-order valence-electron chi connectivity index (χ2n) is 6.78. The van der Waals surface area contributed by atoms with Crippen molar-refractivity contribution in [3.63, 3.8) is 0 Å². The summed E-state index contributed by atoms with van der Waals surface area (Å²) in [5, 5.41) is 23.0. The minimum Gasteiger partial charge on any atom is -0.494 e. The predicted molar refractivity (Wildman–Crippen MR) is 106 cm³/mol. The van der Waals surface area contributed by atoms with Crippen molar-refractivity contribution in [1.82, 2.24) is 24.8 Å². The molecule has 0 radical (unpaired) electrons. The molecule has 11 nitrogen and oxygen atoms in total. The maximum Gasteiger partial charge on any atom is 0.251 e. The number of anilines is 1. The molecule has 4 atom stereocenters. The molecule has 2 aromatic heterocycles. The zero-order valence-corrected chi connectivity index (χ0v) is 16.2. The maximum atomic E-state index is 12.9. The Morgan fingerprint density at radius 2 is 2.20 bits per heavy atom. The molecule has 1 fully saturated rings. The van der Waals surface area contributed by atoms with Gasteiger partial charge in [-0.2, -0.15) is 0 Å². The third kappa shape index (κ3) is 3.54. The molecule has 1 amide bonds. The van der Waals surface area contributed by atoms with Crippen molar-refractivity contribution in [3.05, 3.63) is 42.5 Å². The third-order valence-electron chi connectivity index (χ3n) is 4.92. The number of nitrogens with one attached hydrogen (secondary N) is 1. The Balaban J connectivity index is 1.64. The number of nitrogen functional groups attached to an aromatic ring is 1. The maximum absolute atomic E-state index is 12.9. The number of hydrogen-bond donors (Lipinski definition) is 4. The highest BCUT2D eigenvalue weighted by atomic mass is 16.5. The van der Waals surface area contributed by atoms with Gasteiger partial charge in [0.25, 0.3) is 5.91 Å². The van der Waals surface area contributed by atoms with Crippen LogP contribution in [0.15, 0.2) is 36.9 Å². The van der Waals surface area contributed by atoms with Gasteiger partial charge in [-0.3, -0.25) is 9.36 Å². The lowest BCUT2D eigenvalue weighted by Crippen LogP contribution is -2.46. The molecule has 1 aliphatic rings. The Hall–Kier alpha value is -3.28. The molecule has 0 aliphatic carbocycles. The van der Waals surface area contributed by atoms with Crippen molar-refractivity contribution < 1.29 is 24.5 Å². The van der Waals surface area contributed by atoms with E-state index in [0.29, 0.717) is 29.1 Å². The summed E-state index contributed by atoms with van der Waals surface area (Å²) in [6, 6.07) is 5.83. The van der Waals surface area contributed by atoms with Crippen LogP contribution in [0.4, 0.5) is 5.82 Å². The Morgan fingerprint density at radius 3 is 2.97 bits per heavy atom. The molecule has 0 saturated carbocycles. The smallest absolute Gasteiger partial charge is 0.251 e. The van der Waals surface area contributed by atoms with Gasteiger partial charge in [-0.15, -0.1) is 0 Å². The summed E-state index contributed by atoms with van der Waals surface area (Å²) in [6.07, 6.45) is -0.183. The number of fused-ring (bicyclic) bond motifs is 1. The Kier molecular flexibility index (Phi) is 5.48. The molecule has 0 spiro atoms. The van der Waals surface area contributed by atoms with E-state index in [1.807, 2.05) is 6.92 Å². The van der Waals surface area contributed by atoms with Gasteiger partial charge >= 0.3 is 0 Å². The molecule has 1 aliphatic heterocycles. The summed E-state index contributed by atoms with van der Waals surface area (Å²) in [4.78, 5) is 25.2. The van der Waals surface area contributed by atoms with Crippen molar-refractivity contribution in [2.45, 2.75) is 31.4 Å². The largest absolute Gasteiger partial charge is 0.494 e. The normalized spacial score (nSPS) is 23.6. The van der Waals surface area contributed by atoms with Gasteiger partial charge < -0.3 is 30.7 Å². The zero-order chi connectivity index (χ0) is 21.3. The predicted octanol–water partition coefficient (Wildman–Crippen LogP) is -0.144. The van der Waals surface area contributed by atoms with Crippen LogP contribution in [0.1, 0.15) is 23.5 Å². The summed E-state index contributed by atoms with van der Waals surface area (Å²) < 4.78 is 12.8. The molecule has 0 bridgehead atoms. The average Bonchev–Trinajstić information content (AvgIpc) is 3.31. The van der Waals surface area contributed by atoms with Gasteiger partial charge in [0.05, 0.1) is 19.5 Å². The first-order valence-electron chi connectivity index (χ1n) is 9.44. The standard InChI is InChI=1S/C19H22N6O5/c1-2-29-11-5-3-4-10(6-11)18(28)24-13-15(27)12(7-26)30-19(13)25-9-23-14-16(20)21-8-22-17(14)25/h3-6,8-9,12-13,15,19,26-27H,2,7H2,1H3,(H,24,28)(H2,20,21,22). The third-order valence-corrected chi connectivity index (χ3v) is 4.92. The van der Waals surface area contributed by atoms with Gasteiger partial charge in [0, 0.05) is 5.56 Å². The first-order valence-corrected chi connectivity index (χ1v) is 9.44. The van der Waals surface area contributed by atoms with Crippen LogP contribution in [0.2, 0.25) is 0 Å². The van der Waals surface area contributed by atoms with Crippen LogP contribution in [-0.4, -0.2) is 67.1 Å². The van der Waals surface area contributed by atoms with E-state index in [0.717, 1.165) is 0 Å². The topological polar surface area (TPSA) is 158 Å². The van der Waals surface area contributed by atoms with Crippen LogP contribution in [0.25, 0.3) is 11.2 Å². The van der Waals surface area contributed by atoms with Crippen molar-refractivity contribution in [1.29, 1.82) is 0 Å². The summed E-state index contributed by atoms with van der Waals surface area (Å²) in [5.74, 6) is 0.335. The molecule has 30 heavy (non-hydrogen) atoms. The monoisotopic (exact) mass is 414 g/mol. The molecule has 3 aromatic rings. The molecule has 158 valence electrons. The van der Waals surface area contributed by atoms with Crippen LogP contribution < -0.4 is 15.8 Å². The summed E-state index contributed by atoms with van der Waals surface area (Å²) in [5.41, 5.74) is 6.96. The van der Waals surface area contributed by atoms with Crippen molar-refractivity contribution in [3.8, 4) is 5.75 Å². The Morgan fingerprint density at radius 1 is 1.37 bits per heavy atom. The molecular formula is C19H22N6O5. The number of ether oxygens (including phenoxy) is 2. The lowest BCUT2D eigenvalue weighted by Gasteiger charge is -2.23. The van der Waals surface area contributed by atoms with E-state index in [9.17, 15) is 15.0 Å². The van der Waals surface area contributed by atoms with Crippen molar-refractivity contribution in [2.24, 2.45) is 0 Å². The number of aromatic nitrogens is 4. The van der Waals surface area contributed by atoms with E-state index < -0.39 is 37.0 Å². The SMILES string of the molecule is CCOc1cccc(C(=O)NC2C(O)C(CO)OC2n2cnc3c(N)ncnc32)c1. The molecule has 4 unspecified atom stereocenters. The van der Waals surface area contributed by atoms with E-state index in [1.54, 1.807) is 28.8 Å². The van der Waals surface area contributed by atoms with E-state index >= 15 is 0 Å². The summed E-state index contributed by atoms with van der Waals surface area (Å²) in [7, 11) is 0. The number of nitrogens with two attached hydrogens (primary N) is 1. The number of carbonyl (C=O) groups excluding carboxylic acids is 1. The van der Waals surface area contributed by atoms with Gasteiger partial charge in [0.2, 0.25) is 0 Å². The van der Waals surface area contributed by atoms with E-state index in [1.165, 1.54) is 12.7 Å². The number of amides is 1. The Bertz CT molecular complexity index is 1060. The molecule has 4 rings (SSSR count). The molecular weight excluding hydrogens is 392 g/mol. The fourth-order valence-electron chi connectivity index (χ4n) is 3.48. The fraction of sp³-hybridized carbons (Fsp3) is 0.368. The number of carbonyl (C=O) groups is 1. The zero-order valence-electron chi connectivity index (χ0n) is 16.2. The number of aliphatic hydroxyl groups is 2. The Labute approximate surface area is 171 Å². The molecule has 3 heterocycles. The van der Waals surface area contributed by atoms with Gasteiger partial charge in [-0.25, -0.2) is 15.0 Å². The summed E-state index contributed by atoms with van der Waals surface area (Å²) in [6.45, 7) is 1.90. The number of benzene rings is 1. The number of nitrogens with zero attached hydrogens (tertiary/aromatic N) is 4. The van der Waals surface area contributed by atoms with Crippen LogP contribution in [0, 0.1) is 0 Å². The van der Waals surface area contributed by atoms with Gasteiger partial charge in [0.1, 0.15) is 35.8 Å². The number of hydrogen-bond acceptors (Lipinski definition) is 9. The first kappa shape index (κ1) is 20.0. The second kappa shape index (κ2) is 8.22. The van der Waals surface area contributed by atoms with Crippen LogP contribution in [-0.2, 0) is 4.74 Å². The lowest BCUT2D eigenvalue weighted by molar-refractivity contribution is -0.0440. The van der Waals surface area contributed by atoms with E-state index in [2.05, 4.69) is 20.3 Å². The molecule has 5 N–H and O–H groups in total. The average molecular weight is 414 g/mol. The van der Waals surface area contributed by atoms with Crippen LogP contribution in [0.5, 0.6) is 5.75 Å². The van der Waals surface area contributed by atoms with E-state index in [4.69, 9.17) is 15.2 Å². The highest BCUT2D eigenvalue weighted by Crippen LogP contribution is 2.32. The number of imidazole rings is 1. The molecule has 1 aromatic carbocycles.